The summed E-state index contributed by atoms with van der Waals surface area (Å²) in [5, 5.41) is 9.54. The molecule has 5 heteroatoms. The van der Waals surface area contributed by atoms with Gasteiger partial charge in [0.1, 0.15) is 6.17 Å². The molecular formula is C23H26FN3O. The van der Waals surface area contributed by atoms with Crippen LogP contribution in [0.25, 0.3) is 0 Å². The molecule has 0 N–H and O–H groups in total. The highest BCUT2D eigenvalue weighted by molar-refractivity contribution is 5.19. The lowest BCUT2D eigenvalue weighted by Gasteiger charge is -2.49. The lowest BCUT2D eigenvalue weighted by Crippen LogP contribution is -2.66. The normalized spacial score (nSPS) is 24.5. The number of alkyl halides is 1. The summed E-state index contributed by atoms with van der Waals surface area (Å²) in [7, 11) is 0. The van der Waals surface area contributed by atoms with Gasteiger partial charge in [0.25, 0.3) is 0 Å². The molecule has 0 spiro atoms. The van der Waals surface area contributed by atoms with Crippen LogP contribution in [-0.4, -0.2) is 53.9 Å². The second-order valence-corrected chi connectivity index (χ2v) is 7.83. The van der Waals surface area contributed by atoms with Gasteiger partial charge in [0.05, 0.1) is 19.3 Å². The van der Waals surface area contributed by atoms with Crippen molar-refractivity contribution in [2.24, 2.45) is 0 Å². The Morgan fingerprint density at radius 3 is 2.04 bits per heavy atom. The molecule has 0 bridgehead atoms. The number of nitriles is 1. The Bertz CT molecular complexity index is 762. The first-order valence-corrected chi connectivity index (χ1v) is 9.90. The minimum absolute atomic E-state index is 0.159. The number of nitrogens with zero attached hydrogens (tertiary/aromatic N) is 3. The van der Waals surface area contributed by atoms with Crippen molar-refractivity contribution in [1.29, 1.82) is 5.26 Å². The third-order valence-electron chi connectivity index (χ3n) is 5.93. The molecule has 2 aliphatic rings. The van der Waals surface area contributed by atoms with Crippen LogP contribution in [-0.2, 0) is 17.8 Å². The molecule has 0 amide bonds. The molecule has 0 aromatic heterocycles. The van der Waals surface area contributed by atoms with E-state index in [0.717, 1.165) is 6.54 Å². The van der Waals surface area contributed by atoms with Crippen LogP contribution in [0.15, 0.2) is 60.7 Å². The number of halogens is 1. The molecule has 28 heavy (non-hydrogen) atoms. The molecule has 0 radical (unpaired) electrons. The Balaban J connectivity index is 1.50. The predicted octanol–water partition coefficient (Wildman–Crippen LogP) is 3.39. The van der Waals surface area contributed by atoms with Crippen LogP contribution in [0.1, 0.15) is 17.5 Å². The smallest absolute Gasteiger partial charge is 0.156 e. The maximum Gasteiger partial charge on any atom is 0.156 e. The van der Waals surface area contributed by atoms with Gasteiger partial charge in [-0.3, -0.25) is 9.80 Å². The van der Waals surface area contributed by atoms with Gasteiger partial charge < -0.3 is 4.74 Å². The zero-order chi connectivity index (χ0) is 19.4. The van der Waals surface area contributed by atoms with Gasteiger partial charge in [-0.25, -0.2) is 4.39 Å². The molecule has 0 aliphatic carbocycles. The van der Waals surface area contributed by atoms with Crippen molar-refractivity contribution < 1.29 is 9.13 Å². The third kappa shape index (κ3) is 3.95. The van der Waals surface area contributed by atoms with Crippen molar-refractivity contribution in [2.75, 3.05) is 26.3 Å². The minimum Gasteiger partial charge on any atom is -0.375 e. The highest BCUT2D eigenvalue weighted by Crippen LogP contribution is 2.31. The van der Waals surface area contributed by atoms with Crippen LogP contribution >= 0.6 is 0 Å². The van der Waals surface area contributed by atoms with E-state index in [9.17, 15) is 5.26 Å². The zero-order valence-electron chi connectivity index (χ0n) is 16.0. The highest BCUT2D eigenvalue weighted by atomic mass is 19.1. The second-order valence-electron chi connectivity index (χ2n) is 7.83. The summed E-state index contributed by atoms with van der Waals surface area (Å²) >= 11 is 0. The van der Waals surface area contributed by atoms with Crippen molar-refractivity contribution >= 4 is 0 Å². The molecule has 0 unspecified atom stereocenters. The van der Waals surface area contributed by atoms with E-state index in [4.69, 9.17) is 4.74 Å². The average molecular weight is 379 g/mol. The van der Waals surface area contributed by atoms with Gasteiger partial charge in [-0.2, -0.15) is 5.26 Å². The topological polar surface area (TPSA) is 39.5 Å². The largest absolute Gasteiger partial charge is 0.375 e. The predicted molar refractivity (Wildman–Crippen MR) is 106 cm³/mol. The molecule has 0 saturated carbocycles. The van der Waals surface area contributed by atoms with Crippen LogP contribution in [0.4, 0.5) is 4.39 Å². The number of hydrogen-bond donors (Lipinski definition) is 0. The van der Waals surface area contributed by atoms with Crippen molar-refractivity contribution in [3.63, 3.8) is 0 Å². The summed E-state index contributed by atoms with van der Waals surface area (Å²) in [4.78, 5) is 4.24. The Morgan fingerprint density at radius 1 is 1.04 bits per heavy atom. The van der Waals surface area contributed by atoms with Gasteiger partial charge in [-0.05, 0) is 17.5 Å². The molecule has 146 valence electrons. The Labute approximate surface area is 166 Å². The minimum atomic E-state index is -0.994. The monoisotopic (exact) mass is 379 g/mol. The van der Waals surface area contributed by atoms with Crippen molar-refractivity contribution in [3.05, 3.63) is 71.8 Å². The lowest BCUT2D eigenvalue weighted by atomic mass is 9.91. The molecule has 2 aromatic carbocycles. The van der Waals surface area contributed by atoms with Crippen molar-refractivity contribution in [1.82, 2.24) is 9.80 Å². The van der Waals surface area contributed by atoms with E-state index in [1.165, 1.54) is 11.1 Å². The maximum atomic E-state index is 15.3. The number of ether oxygens (including phenoxy) is 1. The molecule has 4 rings (SSSR count). The standard InChI is InChI=1S/C23H26FN3O/c24-21-15-27(23(16-25)17-28-18-23)12-11-22(21)26(13-19-7-3-1-4-8-19)14-20-9-5-2-6-10-20/h1-10,21-22H,11-15,17-18H2/t21-,22+/m0/s1. The van der Waals surface area contributed by atoms with Crippen LogP contribution in [0.3, 0.4) is 0 Å². The summed E-state index contributed by atoms with van der Waals surface area (Å²) < 4.78 is 20.6. The fourth-order valence-corrected chi connectivity index (χ4v) is 4.23. The van der Waals surface area contributed by atoms with Gasteiger partial charge in [-0.1, -0.05) is 60.7 Å². The highest BCUT2D eigenvalue weighted by Gasteiger charge is 2.48. The molecule has 2 heterocycles. The molecule has 4 nitrogen and oxygen atoms in total. The van der Waals surface area contributed by atoms with Gasteiger partial charge in [0, 0.05) is 32.2 Å². The van der Waals surface area contributed by atoms with Crippen LogP contribution in [0.5, 0.6) is 0 Å². The molecule has 2 saturated heterocycles. The second kappa shape index (κ2) is 8.40. The summed E-state index contributed by atoms with van der Waals surface area (Å²) in [6, 6.07) is 22.7. The first-order valence-electron chi connectivity index (χ1n) is 9.90. The van der Waals surface area contributed by atoms with Crippen molar-refractivity contribution in [3.8, 4) is 6.07 Å². The molecule has 2 atom stereocenters. The Hall–Kier alpha value is -2.26. The maximum absolute atomic E-state index is 15.3. The van der Waals surface area contributed by atoms with Gasteiger partial charge >= 0.3 is 0 Å². The average Bonchev–Trinajstić information content (AvgIpc) is 2.69. The van der Waals surface area contributed by atoms with Crippen LogP contribution in [0.2, 0.25) is 0 Å². The first kappa shape index (κ1) is 19.1. The van der Waals surface area contributed by atoms with E-state index < -0.39 is 11.7 Å². The number of piperidine rings is 1. The van der Waals surface area contributed by atoms with Crippen LogP contribution < -0.4 is 0 Å². The van der Waals surface area contributed by atoms with Gasteiger partial charge in [0.2, 0.25) is 0 Å². The number of benzene rings is 2. The molecule has 2 aliphatic heterocycles. The zero-order valence-corrected chi connectivity index (χ0v) is 16.0. The number of likely N-dealkylation sites (tertiary alicyclic amines) is 1. The van der Waals surface area contributed by atoms with E-state index in [1.807, 2.05) is 41.3 Å². The Morgan fingerprint density at radius 2 is 1.61 bits per heavy atom. The summed E-state index contributed by atoms with van der Waals surface area (Å²) in [6.07, 6.45) is -0.281. The van der Waals surface area contributed by atoms with Crippen LogP contribution in [0, 0.1) is 11.3 Å². The van der Waals surface area contributed by atoms with Crippen molar-refractivity contribution in [2.45, 2.75) is 37.3 Å². The molecular weight excluding hydrogens is 353 g/mol. The summed E-state index contributed by atoms with van der Waals surface area (Å²) in [5.41, 5.74) is 1.75. The van der Waals surface area contributed by atoms with Gasteiger partial charge in [-0.15, -0.1) is 0 Å². The Kier molecular flexibility index (Phi) is 5.72. The molecule has 2 aromatic rings. The number of hydrogen-bond acceptors (Lipinski definition) is 4. The van der Waals surface area contributed by atoms with E-state index in [-0.39, 0.29) is 6.04 Å². The van der Waals surface area contributed by atoms with E-state index >= 15 is 4.39 Å². The fraction of sp³-hybridized carbons (Fsp3) is 0.435. The lowest BCUT2D eigenvalue weighted by molar-refractivity contribution is -0.129. The summed E-state index contributed by atoms with van der Waals surface area (Å²) in [6.45, 7) is 3.22. The van der Waals surface area contributed by atoms with E-state index in [1.54, 1.807) is 0 Å². The number of rotatable bonds is 6. The summed E-state index contributed by atoms with van der Waals surface area (Å²) in [5.74, 6) is 0. The van der Waals surface area contributed by atoms with E-state index in [0.29, 0.717) is 39.3 Å². The van der Waals surface area contributed by atoms with Gasteiger partial charge in [0.15, 0.2) is 5.54 Å². The SMILES string of the molecule is N#CC1(N2CC[C@@H](N(Cc3ccccc3)Cc3ccccc3)[C@@H](F)C2)COC1. The first-order chi connectivity index (χ1) is 13.7. The third-order valence-corrected chi connectivity index (χ3v) is 5.93. The molecule has 2 fully saturated rings. The van der Waals surface area contributed by atoms with E-state index in [2.05, 4.69) is 35.2 Å². The quantitative estimate of drug-likeness (QED) is 0.771. The fourth-order valence-electron chi connectivity index (χ4n) is 4.23.